The number of amides is 1. The second-order valence-corrected chi connectivity index (χ2v) is 5.28. The van der Waals surface area contributed by atoms with E-state index in [1.54, 1.807) is 12.3 Å². The van der Waals surface area contributed by atoms with Crippen LogP contribution in [0.15, 0.2) is 45.9 Å². The molecule has 2 heterocycles. The van der Waals surface area contributed by atoms with E-state index in [-0.39, 0.29) is 5.56 Å². The van der Waals surface area contributed by atoms with E-state index in [1.165, 1.54) is 24.7 Å². The third-order valence-corrected chi connectivity index (χ3v) is 2.81. The Hall–Kier alpha value is -1.80. The quantitative estimate of drug-likeness (QED) is 0.802. The van der Waals surface area contributed by atoms with Gasteiger partial charge in [-0.3, -0.25) is 14.8 Å². The summed E-state index contributed by atoms with van der Waals surface area (Å²) in [6.07, 6.45) is 5.85. The van der Waals surface area contributed by atoms with Gasteiger partial charge in [0, 0.05) is 33.7 Å². The summed E-state index contributed by atoms with van der Waals surface area (Å²) in [6, 6.07) is 3.12. The van der Waals surface area contributed by atoms with Crippen molar-refractivity contribution in [1.29, 1.82) is 0 Å². The van der Waals surface area contributed by atoms with Crippen LogP contribution in [0.5, 0.6) is 0 Å². The summed E-state index contributed by atoms with van der Waals surface area (Å²) in [6.45, 7) is 0. The van der Waals surface area contributed by atoms with Crippen molar-refractivity contribution >= 4 is 43.7 Å². The molecule has 3 N–H and O–H groups in total. The summed E-state index contributed by atoms with van der Waals surface area (Å²) in [5.41, 5.74) is 5.58. The molecule has 2 aromatic heterocycles. The highest BCUT2D eigenvalue weighted by atomic mass is 79.9. The zero-order valence-corrected chi connectivity index (χ0v) is 13.1. The van der Waals surface area contributed by atoms with E-state index in [1.807, 2.05) is 0 Å². The third-order valence-electron chi connectivity index (χ3n) is 1.94. The summed E-state index contributed by atoms with van der Waals surface area (Å²) >= 11 is 6.26. The van der Waals surface area contributed by atoms with Crippen LogP contribution in [0, 0.1) is 0 Å². The lowest BCUT2D eigenvalue weighted by Gasteiger charge is -1.92. The average Bonchev–Trinajstić information content (AvgIpc) is 2.39. The minimum absolute atomic E-state index is 0.189. The molecule has 0 bridgehead atoms. The highest BCUT2D eigenvalue weighted by molar-refractivity contribution is 9.10. The first-order valence-corrected chi connectivity index (χ1v) is 6.73. The Morgan fingerprint density at radius 2 is 1.40 bits per heavy atom. The van der Waals surface area contributed by atoms with Crippen LogP contribution in [0.1, 0.15) is 20.7 Å². The second kappa shape index (κ2) is 7.71. The monoisotopic (exact) mass is 401 g/mol. The smallest absolute Gasteiger partial charge is 0.337 e. The van der Waals surface area contributed by atoms with Crippen molar-refractivity contribution in [3.63, 3.8) is 0 Å². The lowest BCUT2D eigenvalue weighted by atomic mass is 10.3. The summed E-state index contributed by atoms with van der Waals surface area (Å²) in [4.78, 5) is 28.2. The number of carbonyl (C=O) groups excluding carboxylic acids is 1. The molecule has 1 amide bonds. The summed E-state index contributed by atoms with van der Waals surface area (Å²) in [7, 11) is 0. The molecule has 0 unspecified atom stereocenters. The number of rotatable bonds is 2. The van der Waals surface area contributed by atoms with Crippen LogP contribution < -0.4 is 5.73 Å². The molecular weight excluding hydrogens is 394 g/mol. The molecule has 104 valence electrons. The Balaban J connectivity index is 0.000000200. The SMILES string of the molecule is NC(=O)c1cncc(Br)c1.O=C(O)c1cncc(Br)c1. The number of halogens is 2. The molecule has 8 heteroatoms. The van der Waals surface area contributed by atoms with Crippen LogP contribution in [-0.2, 0) is 0 Å². The molecule has 20 heavy (non-hydrogen) atoms. The highest BCUT2D eigenvalue weighted by Gasteiger charge is 2.01. The van der Waals surface area contributed by atoms with Gasteiger partial charge in [-0.2, -0.15) is 0 Å². The number of pyridine rings is 2. The van der Waals surface area contributed by atoms with Gasteiger partial charge in [-0.25, -0.2) is 4.79 Å². The maximum absolute atomic E-state index is 10.5. The van der Waals surface area contributed by atoms with Crippen LogP contribution in [0.25, 0.3) is 0 Å². The first-order chi connectivity index (χ1) is 9.40. The van der Waals surface area contributed by atoms with E-state index in [0.717, 1.165) is 4.47 Å². The largest absolute Gasteiger partial charge is 0.478 e. The molecule has 0 spiro atoms. The molecule has 0 atom stereocenters. The van der Waals surface area contributed by atoms with Crippen LogP contribution in [0.2, 0.25) is 0 Å². The normalized spacial score (nSPS) is 9.30. The maximum Gasteiger partial charge on any atom is 0.337 e. The van der Waals surface area contributed by atoms with E-state index in [4.69, 9.17) is 10.8 Å². The molecular formula is C12H9Br2N3O3. The molecule has 0 aliphatic rings. The molecule has 0 fully saturated rings. The Morgan fingerprint density at radius 3 is 1.70 bits per heavy atom. The van der Waals surface area contributed by atoms with Crippen molar-refractivity contribution in [2.75, 3.05) is 0 Å². The number of nitrogens with two attached hydrogens (primary N) is 1. The van der Waals surface area contributed by atoms with Gasteiger partial charge in [0.2, 0.25) is 5.91 Å². The zero-order chi connectivity index (χ0) is 15.1. The molecule has 0 saturated heterocycles. The number of hydrogen-bond donors (Lipinski definition) is 2. The number of nitrogens with zero attached hydrogens (tertiary/aromatic N) is 2. The van der Waals surface area contributed by atoms with Crippen molar-refractivity contribution in [1.82, 2.24) is 9.97 Å². The maximum atomic E-state index is 10.5. The fourth-order valence-electron chi connectivity index (χ4n) is 1.08. The molecule has 0 aliphatic heterocycles. The number of carboxylic acid groups (broad SMARTS) is 1. The molecule has 0 aromatic carbocycles. The Kier molecular flexibility index (Phi) is 6.26. The second-order valence-electron chi connectivity index (χ2n) is 3.45. The van der Waals surface area contributed by atoms with Crippen molar-refractivity contribution in [2.45, 2.75) is 0 Å². The molecule has 0 aliphatic carbocycles. The Labute approximate surface area is 131 Å². The van der Waals surface area contributed by atoms with Gasteiger partial charge in [0.15, 0.2) is 0 Å². The van der Waals surface area contributed by atoms with E-state index in [0.29, 0.717) is 10.0 Å². The highest BCUT2D eigenvalue weighted by Crippen LogP contribution is 2.09. The Bertz CT molecular complexity index is 579. The van der Waals surface area contributed by atoms with Gasteiger partial charge in [0.25, 0.3) is 0 Å². The van der Waals surface area contributed by atoms with E-state index < -0.39 is 11.9 Å². The topological polar surface area (TPSA) is 106 Å². The molecule has 0 saturated carbocycles. The number of aromatic nitrogens is 2. The van der Waals surface area contributed by atoms with Gasteiger partial charge in [-0.1, -0.05) is 0 Å². The number of hydrogen-bond acceptors (Lipinski definition) is 4. The first kappa shape index (κ1) is 16.3. The van der Waals surface area contributed by atoms with Crippen LogP contribution in [-0.4, -0.2) is 27.0 Å². The van der Waals surface area contributed by atoms with E-state index in [2.05, 4.69) is 41.8 Å². The number of carbonyl (C=O) groups is 2. The molecule has 6 nitrogen and oxygen atoms in total. The van der Waals surface area contributed by atoms with Crippen molar-refractivity contribution in [3.05, 3.63) is 57.0 Å². The van der Waals surface area contributed by atoms with Crippen LogP contribution in [0.3, 0.4) is 0 Å². The first-order valence-electron chi connectivity index (χ1n) is 5.14. The van der Waals surface area contributed by atoms with Gasteiger partial charge < -0.3 is 10.8 Å². The fraction of sp³-hybridized carbons (Fsp3) is 0. The van der Waals surface area contributed by atoms with Crippen molar-refractivity contribution in [2.24, 2.45) is 5.73 Å². The number of carboxylic acids is 1. The van der Waals surface area contributed by atoms with E-state index in [9.17, 15) is 9.59 Å². The lowest BCUT2D eigenvalue weighted by Crippen LogP contribution is -2.10. The van der Waals surface area contributed by atoms with Gasteiger partial charge in [0.1, 0.15) is 0 Å². The van der Waals surface area contributed by atoms with Gasteiger partial charge in [-0.15, -0.1) is 0 Å². The molecule has 2 rings (SSSR count). The van der Waals surface area contributed by atoms with Crippen molar-refractivity contribution < 1.29 is 14.7 Å². The third kappa shape index (κ3) is 5.45. The van der Waals surface area contributed by atoms with Gasteiger partial charge >= 0.3 is 5.97 Å². The number of primary amides is 1. The molecule has 0 radical (unpaired) electrons. The van der Waals surface area contributed by atoms with E-state index >= 15 is 0 Å². The fourth-order valence-corrected chi connectivity index (χ4v) is 1.81. The summed E-state index contributed by atoms with van der Waals surface area (Å²) in [5.74, 6) is -1.43. The van der Waals surface area contributed by atoms with Crippen molar-refractivity contribution in [3.8, 4) is 0 Å². The number of aromatic carboxylic acids is 1. The summed E-state index contributed by atoms with van der Waals surface area (Å²) < 4.78 is 1.43. The van der Waals surface area contributed by atoms with Gasteiger partial charge in [-0.05, 0) is 44.0 Å². The lowest BCUT2D eigenvalue weighted by molar-refractivity contribution is 0.0696. The predicted octanol–water partition coefficient (Wildman–Crippen LogP) is 2.49. The van der Waals surface area contributed by atoms with Crippen LogP contribution in [0.4, 0.5) is 0 Å². The summed E-state index contributed by atoms with van der Waals surface area (Å²) in [5, 5.41) is 8.45. The Morgan fingerprint density at radius 1 is 0.950 bits per heavy atom. The minimum atomic E-state index is -0.964. The minimum Gasteiger partial charge on any atom is -0.478 e. The van der Waals surface area contributed by atoms with Gasteiger partial charge in [0.05, 0.1) is 11.1 Å². The standard InChI is InChI=1S/C6H5BrN2O.C6H4BrNO2/c7-5-1-4(6(8)10)2-9-3-5;7-5-1-4(6(9)10)2-8-3-5/h1-3H,(H2,8,10);1-3H,(H,9,10). The van der Waals surface area contributed by atoms with Crippen LogP contribution >= 0.6 is 31.9 Å². The molecule has 2 aromatic rings. The average molecular weight is 403 g/mol. The zero-order valence-electron chi connectivity index (χ0n) is 9.96. The predicted molar refractivity (Wildman–Crippen MR) is 79.4 cm³/mol.